The van der Waals surface area contributed by atoms with E-state index < -0.39 is 0 Å². The third kappa shape index (κ3) is 5.66. The van der Waals surface area contributed by atoms with E-state index in [1.165, 1.54) is 0 Å². The summed E-state index contributed by atoms with van der Waals surface area (Å²) < 4.78 is 1.95. The molecule has 1 aliphatic heterocycles. The summed E-state index contributed by atoms with van der Waals surface area (Å²) in [5, 5.41) is 2.89. The number of aryl methyl sites for hydroxylation is 1. The number of piperidine rings is 1. The molecule has 0 aliphatic carbocycles. The van der Waals surface area contributed by atoms with Crippen molar-refractivity contribution in [3.05, 3.63) is 83.2 Å². The van der Waals surface area contributed by atoms with Crippen LogP contribution in [0.2, 0.25) is 0 Å². The topological polar surface area (TPSA) is 119 Å². The first-order valence-corrected chi connectivity index (χ1v) is 13.7. The van der Waals surface area contributed by atoms with Gasteiger partial charge in [0.15, 0.2) is 0 Å². The van der Waals surface area contributed by atoms with Gasteiger partial charge in [-0.1, -0.05) is 31.4 Å². The Kier molecular flexibility index (Phi) is 8.06. The van der Waals surface area contributed by atoms with E-state index in [0.717, 1.165) is 60.3 Å². The number of hydrogen-bond donors (Lipinski definition) is 2. The highest BCUT2D eigenvalue weighted by molar-refractivity contribution is 6.03. The zero-order valence-corrected chi connectivity index (χ0v) is 22.9. The van der Waals surface area contributed by atoms with Gasteiger partial charge in [0.05, 0.1) is 11.7 Å². The predicted octanol–water partition coefficient (Wildman–Crippen LogP) is 4.58. The van der Waals surface area contributed by atoms with Gasteiger partial charge in [0.25, 0.3) is 11.8 Å². The molecule has 0 saturated carbocycles. The van der Waals surface area contributed by atoms with E-state index in [2.05, 4.69) is 34.0 Å². The van der Waals surface area contributed by atoms with Gasteiger partial charge in [-0.2, -0.15) is 0 Å². The normalized spacial score (nSPS) is 14.9. The van der Waals surface area contributed by atoms with Gasteiger partial charge in [-0.25, -0.2) is 15.0 Å². The number of hydrogen-bond acceptors (Lipinski definition) is 6. The zero-order chi connectivity index (χ0) is 28.1. The van der Waals surface area contributed by atoms with Crippen molar-refractivity contribution in [1.82, 2.24) is 24.3 Å². The Balaban J connectivity index is 1.39. The molecule has 1 aliphatic rings. The van der Waals surface area contributed by atoms with Gasteiger partial charge in [0.2, 0.25) is 0 Å². The van der Waals surface area contributed by atoms with Crippen LogP contribution in [0.25, 0.3) is 5.52 Å². The molecule has 1 saturated heterocycles. The lowest BCUT2D eigenvalue weighted by Crippen LogP contribution is -2.38. The van der Waals surface area contributed by atoms with Crippen molar-refractivity contribution >= 4 is 29.0 Å². The van der Waals surface area contributed by atoms with Crippen LogP contribution in [0.5, 0.6) is 0 Å². The number of anilines is 2. The van der Waals surface area contributed by atoms with Crippen molar-refractivity contribution in [2.24, 2.45) is 0 Å². The van der Waals surface area contributed by atoms with Crippen LogP contribution in [0.15, 0.2) is 55.0 Å². The molecule has 0 unspecified atom stereocenters. The Morgan fingerprint density at radius 2 is 1.93 bits per heavy atom. The van der Waals surface area contributed by atoms with Crippen molar-refractivity contribution in [1.29, 1.82) is 0 Å². The molecule has 0 radical (unpaired) electrons. The molecule has 0 bridgehead atoms. The Labute approximate surface area is 233 Å². The second kappa shape index (κ2) is 12.0. The molecule has 3 N–H and O–H groups in total. The van der Waals surface area contributed by atoms with E-state index in [0.29, 0.717) is 30.2 Å². The minimum atomic E-state index is -0.215. The van der Waals surface area contributed by atoms with E-state index >= 15 is 0 Å². The number of nitrogen functional groups attached to an aromatic ring is 1. The lowest BCUT2D eigenvalue weighted by Gasteiger charge is -2.33. The molecule has 1 fully saturated rings. The van der Waals surface area contributed by atoms with Crippen LogP contribution >= 0.6 is 0 Å². The van der Waals surface area contributed by atoms with Crippen LogP contribution < -0.4 is 11.1 Å². The van der Waals surface area contributed by atoms with Crippen LogP contribution in [0.3, 0.4) is 0 Å². The van der Waals surface area contributed by atoms with Crippen molar-refractivity contribution in [3.8, 4) is 11.8 Å². The lowest BCUT2D eigenvalue weighted by molar-refractivity contribution is -0.129. The third-order valence-corrected chi connectivity index (χ3v) is 7.17. The number of benzene rings is 1. The quantitative estimate of drug-likeness (QED) is 0.335. The Hall–Kier alpha value is -4.71. The average molecular weight is 536 g/mol. The SMILES string of the molecule is CC#CC(=O)N1CCCC[C@H]1c1nc(Cc2ccc(C(=O)Nc3cc(CCC)ccn3)cc2)c2c(N)nccn12. The number of nitrogens with one attached hydrogen (secondary N) is 1. The number of likely N-dealkylation sites (tertiary alicyclic amines) is 1. The molecule has 2 amide bonds. The Morgan fingerprint density at radius 3 is 2.70 bits per heavy atom. The van der Waals surface area contributed by atoms with Crippen LogP contribution in [-0.4, -0.2) is 42.6 Å². The highest BCUT2D eigenvalue weighted by Crippen LogP contribution is 2.33. The van der Waals surface area contributed by atoms with E-state index in [9.17, 15) is 9.59 Å². The molecule has 40 heavy (non-hydrogen) atoms. The van der Waals surface area contributed by atoms with Crippen LogP contribution in [0.1, 0.15) is 78.6 Å². The highest BCUT2D eigenvalue weighted by Gasteiger charge is 2.31. The number of carbonyl (C=O) groups excluding carboxylic acids is 2. The highest BCUT2D eigenvalue weighted by atomic mass is 16.2. The first-order valence-electron chi connectivity index (χ1n) is 13.7. The monoisotopic (exact) mass is 535 g/mol. The van der Waals surface area contributed by atoms with E-state index in [1.807, 2.05) is 39.8 Å². The maximum absolute atomic E-state index is 12.8. The summed E-state index contributed by atoms with van der Waals surface area (Å²) in [6.45, 7) is 4.43. The van der Waals surface area contributed by atoms with Gasteiger partial charge >= 0.3 is 0 Å². The fourth-order valence-corrected chi connectivity index (χ4v) is 5.29. The van der Waals surface area contributed by atoms with Crippen molar-refractivity contribution in [2.45, 2.75) is 58.4 Å². The van der Waals surface area contributed by atoms with Gasteiger partial charge < -0.3 is 16.0 Å². The van der Waals surface area contributed by atoms with E-state index in [4.69, 9.17) is 10.7 Å². The summed E-state index contributed by atoms with van der Waals surface area (Å²) in [6.07, 6.45) is 10.4. The van der Waals surface area contributed by atoms with Crippen LogP contribution in [0.4, 0.5) is 11.6 Å². The summed E-state index contributed by atoms with van der Waals surface area (Å²) in [7, 11) is 0. The molecule has 204 valence electrons. The molecule has 1 atom stereocenters. The number of fused-ring (bicyclic) bond motifs is 1. The first kappa shape index (κ1) is 26.9. The first-order chi connectivity index (χ1) is 19.5. The molecule has 4 heterocycles. The Bertz CT molecular complexity index is 1600. The van der Waals surface area contributed by atoms with Gasteiger partial charge in [-0.05, 0) is 73.9 Å². The van der Waals surface area contributed by atoms with Gasteiger partial charge in [0.1, 0.15) is 23.0 Å². The number of aromatic nitrogens is 4. The molecule has 0 spiro atoms. The maximum Gasteiger partial charge on any atom is 0.299 e. The smallest absolute Gasteiger partial charge is 0.299 e. The predicted molar refractivity (Wildman–Crippen MR) is 155 cm³/mol. The lowest BCUT2D eigenvalue weighted by atomic mass is 10.0. The molecule has 1 aromatic carbocycles. The zero-order valence-electron chi connectivity index (χ0n) is 22.9. The molecule has 4 aromatic rings. The minimum absolute atomic E-state index is 0.186. The molecule has 9 heteroatoms. The van der Waals surface area contributed by atoms with Crippen LogP contribution in [0, 0.1) is 11.8 Å². The third-order valence-electron chi connectivity index (χ3n) is 7.17. The number of rotatable bonds is 7. The number of imidazole rings is 1. The maximum atomic E-state index is 12.8. The summed E-state index contributed by atoms with van der Waals surface area (Å²) in [5.74, 6) is 6.69. The average Bonchev–Trinajstić information content (AvgIpc) is 3.33. The van der Waals surface area contributed by atoms with Gasteiger partial charge in [0, 0.05) is 37.1 Å². The van der Waals surface area contributed by atoms with E-state index in [-0.39, 0.29) is 17.9 Å². The van der Waals surface area contributed by atoms with E-state index in [1.54, 1.807) is 31.5 Å². The van der Waals surface area contributed by atoms with Gasteiger partial charge in [-0.15, -0.1) is 0 Å². The largest absolute Gasteiger partial charge is 0.382 e. The van der Waals surface area contributed by atoms with Crippen molar-refractivity contribution < 1.29 is 9.59 Å². The van der Waals surface area contributed by atoms with Crippen molar-refractivity contribution in [2.75, 3.05) is 17.6 Å². The molecular weight excluding hydrogens is 502 g/mol. The van der Waals surface area contributed by atoms with Crippen LogP contribution in [-0.2, 0) is 17.6 Å². The molecular formula is C31H33N7O2. The van der Waals surface area contributed by atoms with Gasteiger partial charge in [-0.3, -0.25) is 14.0 Å². The second-order valence-corrected chi connectivity index (χ2v) is 9.96. The number of carbonyl (C=O) groups is 2. The molecule has 5 rings (SSSR count). The fourth-order valence-electron chi connectivity index (χ4n) is 5.29. The number of amides is 2. The number of nitrogens with zero attached hydrogens (tertiary/aromatic N) is 5. The summed E-state index contributed by atoms with van der Waals surface area (Å²) in [4.78, 5) is 41.0. The number of pyridine rings is 1. The summed E-state index contributed by atoms with van der Waals surface area (Å²) in [5.41, 5.74) is 10.5. The fraction of sp³-hybridized carbons (Fsp3) is 0.323. The summed E-state index contributed by atoms with van der Waals surface area (Å²) >= 11 is 0. The molecule has 3 aromatic heterocycles. The van der Waals surface area contributed by atoms with Crippen molar-refractivity contribution in [3.63, 3.8) is 0 Å². The molecule has 9 nitrogen and oxygen atoms in total. The summed E-state index contributed by atoms with van der Waals surface area (Å²) in [6, 6.07) is 11.1. The minimum Gasteiger partial charge on any atom is -0.382 e. The standard InChI is InChI=1S/C31H33N7O2/c1-3-7-21-14-15-33-26(20-21)36-31(40)23-12-10-22(11-13-23)19-24-28-29(32)34-16-18-38(28)30(35-24)25-9-5-6-17-37(25)27(39)8-4-2/h10-16,18,20,25H,3,5-7,9,17,19H2,1-2H3,(H2,32,34)(H,33,36,40)/t25-/m0/s1. The second-order valence-electron chi connectivity index (χ2n) is 9.96. The number of nitrogens with two attached hydrogens (primary N) is 1. The Morgan fingerprint density at radius 1 is 1.10 bits per heavy atom.